The average Bonchev–Trinajstić information content (AvgIpc) is 3.07. The minimum atomic E-state index is -3.72. The smallest absolute Gasteiger partial charge is 0.280 e. The fourth-order valence-corrected chi connectivity index (χ4v) is 5.35. The summed E-state index contributed by atoms with van der Waals surface area (Å²) in [4.78, 5) is 0.851. The highest BCUT2D eigenvalue weighted by atomic mass is 32.2. The molecule has 136 valence electrons. The molecule has 2 aromatic rings. The Kier molecular flexibility index (Phi) is 5.55. The lowest BCUT2D eigenvalue weighted by molar-refractivity contribution is -0.0444. The summed E-state index contributed by atoms with van der Waals surface area (Å²) in [5, 5.41) is 1.89. The summed E-state index contributed by atoms with van der Waals surface area (Å²) >= 11 is 1.45. The van der Waals surface area contributed by atoms with Gasteiger partial charge in [-0.2, -0.15) is 17.4 Å². The molecule has 0 radical (unpaired) electrons. The van der Waals surface area contributed by atoms with E-state index in [1.807, 2.05) is 31.4 Å². The second-order valence-electron chi connectivity index (χ2n) is 6.20. The van der Waals surface area contributed by atoms with Crippen LogP contribution in [0.3, 0.4) is 0 Å². The quantitative estimate of drug-likeness (QED) is 0.862. The maximum Gasteiger partial charge on any atom is 0.280 e. The third-order valence-corrected chi connectivity index (χ3v) is 6.47. The summed E-state index contributed by atoms with van der Waals surface area (Å²) in [6.07, 6.45) is -0.322. The Morgan fingerprint density at radius 1 is 1.20 bits per heavy atom. The van der Waals surface area contributed by atoms with Gasteiger partial charge in [0.15, 0.2) is 0 Å². The van der Waals surface area contributed by atoms with Crippen molar-refractivity contribution in [1.82, 2.24) is 9.03 Å². The van der Waals surface area contributed by atoms with Gasteiger partial charge in [0.05, 0.1) is 18.2 Å². The second-order valence-corrected chi connectivity index (χ2v) is 8.88. The molecule has 0 amide bonds. The summed E-state index contributed by atoms with van der Waals surface area (Å²) in [6, 6.07) is 9.06. The van der Waals surface area contributed by atoms with E-state index in [4.69, 9.17) is 4.74 Å². The molecule has 0 unspecified atom stereocenters. The average molecular weight is 384 g/mol. The second kappa shape index (κ2) is 7.51. The molecule has 0 aliphatic carbocycles. The van der Waals surface area contributed by atoms with Crippen LogP contribution in [0.1, 0.15) is 30.3 Å². The molecule has 0 bridgehead atoms. The van der Waals surface area contributed by atoms with E-state index in [1.54, 1.807) is 12.1 Å². The first-order valence-electron chi connectivity index (χ1n) is 8.07. The predicted octanol–water partition coefficient (Wildman–Crippen LogP) is 2.92. The Labute approximate surface area is 151 Å². The van der Waals surface area contributed by atoms with Gasteiger partial charge in [0, 0.05) is 18.0 Å². The van der Waals surface area contributed by atoms with Gasteiger partial charge in [-0.15, -0.1) is 11.3 Å². The van der Waals surface area contributed by atoms with Gasteiger partial charge in [-0.05, 0) is 43.0 Å². The summed E-state index contributed by atoms with van der Waals surface area (Å²) < 4.78 is 48.9. The van der Waals surface area contributed by atoms with E-state index in [0.29, 0.717) is 18.7 Å². The van der Waals surface area contributed by atoms with Crippen molar-refractivity contribution < 1.29 is 17.5 Å². The monoisotopic (exact) mass is 384 g/mol. The summed E-state index contributed by atoms with van der Waals surface area (Å²) in [7, 11) is -3.72. The van der Waals surface area contributed by atoms with E-state index in [9.17, 15) is 12.8 Å². The fraction of sp³-hybridized carbons (Fsp3) is 0.412. The highest BCUT2D eigenvalue weighted by Gasteiger charge is 2.33. The van der Waals surface area contributed by atoms with Crippen molar-refractivity contribution in [1.29, 1.82) is 0 Å². The first kappa shape index (κ1) is 18.5. The van der Waals surface area contributed by atoms with Gasteiger partial charge >= 0.3 is 0 Å². The lowest BCUT2D eigenvalue weighted by Crippen LogP contribution is -2.52. The van der Waals surface area contributed by atoms with Crippen LogP contribution in [0.15, 0.2) is 41.8 Å². The van der Waals surface area contributed by atoms with Crippen molar-refractivity contribution in [3.05, 3.63) is 58.0 Å². The number of halogens is 1. The maximum absolute atomic E-state index is 13.2. The molecule has 1 N–H and O–H groups in total. The normalized spacial score (nSPS) is 23.5. The molecule has 1 fully saturated rings. The van der Waals surface area contributed by atoms with E-state index in [2.05, 4.69) is 4.72 Å². The Balaban J connectivity index is 1.88. The molecule has 1 saturated heterocycles. The number of benzene rings is 1. The lowest BCUT2D eigenvalue weighted by atomic mass is 10.1. The Morgan fingerprint density at radius 3 is 2.40 bits per heavy atom. The Morgan fingerprint density at radius 2 is 1.84 bits per heavy atom. The van der Waals surface area contributed by atoms with Crippen molar-refractivity contribution in [2.75, 3.05) is 13.1 Å². The number of nitrogens with zero attached hydrogens (tertiary/aromatic N) is 1. The van der Waals surface area contributed by atoms with Crippen LogP contribution in [-0.2, 0) is 14.9 Å². The molecule has 1 aromatic carbocycles. The van der Waals surface area contributed by atoms with Crippen LogP contribution in [-0.4, -0.2) is 38.0 Å². The van der Waals surface area contributed by atoms with Gasteiger partial charge in [-0.3, -0.25) is 0 Å². The summed E-state index contributed by atoms with van der Waals surface area (Å²) in [5.74, 6) is -0.354. The number of morpholine rings is 1. The molecule has 8 heteroatoms. The van der Waals surface area contributed by atoms with Crippen molar-refractivity contribution in [2.45, 2.75) is 32.1 Å². The number of ether oxygens (including phenoxy) is 1. The summed E-state index contributed by atoms with van der Waals surface area (Å²) in [6.45, 7) is 4.32. The van der Waals surface area contributed by atoms with E-state index >= 15 is 0 Å². The van der Waals surface area contributed by atoms with Gasteiger partial charge in [0.2, 0.25) is 0 Å². The first-order chi connectivity index (χ1) is 11.8. The molecular formula is C17H21FN2O3S2. The SMILES string of the molecule is C[C@@H]1CN(S(=O)(=O)N[C@@H](c2ccc(F)cc2)c2cccs2)C[C@@H](C)O1. The molecule has 0 saturated carbocycles. The van der Waals surface area contributed by atoms with Crippen molar-refractivity contribution in [3.8, 4) is 0 Å². The zero-order valence-electron chi connectivity index (χ0n) is 14.1. The van der Waals surface area contributed by atoms with Crippen LogP contribution in [0.2, 0.25) is 0 Å². The molecule has 1 aliphatic heterocycles. The minimum absolute atomic E-state index is 0.161. The molecule has 25 heavy (non-hydrogen) atoms. The molecule has 5 nitrogen and oxygen atoms in total. The zero-order chi connectivity index (χ0) is 18.0. The molecule has 1 aromatic heterocycles. The highest BCUT2D eigenvalue weighted by Crippen LogP contribution is 2.28. The number of hydrogen-bond donors (Lipinski definition) is 1. The van der Waals surface area contributed by atoms with E-state index < -0.39 is 16.3 Å². The zero-order valence-corrected chi connectivity index (χ0v) is 15.7. The molecule has 2 heterocycles. The van der Waals surface area contributed by atoms with Crippen molar-refractivity contribution in [2.24, 2.45) is 0 Å². The highest BCUT2D eigenvalue weighted by molar-refractivity contribution is 7.87. The first-order valence-corrected chi connectivity index (χ1v) is 10.4. The number of hydrogen-bond acceptors (Lipinski definition) is 4. The predicted molar refractivity (Wildman–Crippen MR) is 96.2 cm³/mol. The van der Waals surface area contributed by atoms with Crippen LogP contribution in [0.25, 0.3) is 0 Å². The van der Waals surface area contributed by atoms with E-state index in [-0.39, 0.29) is 18.0 Å². The maximum atomic E-state index is 13.2. The van der Waals surface area contributed by atoms with Gasteiger partial charge < -0.3 is 4.74 Å². The lowest BCUT2D eigenvalue weighted by Gasteiger charge is -2.35. The topological polar surface area (TPSA) is 58.6 Å². The standard InChI is InChI=1S/C17H21FN2O3S2/c1-12-10-20(11-13(2)23-12)25(21,22)19-17(16-4-3-9-24-16)14-5-7-15(18)8-6-14/h3-9,12-13,17,19H,10-11H2,1-2H3/t12-,13-,17+/m1/s1. The van der Waals surface area contributed by atoms with Gasteiger partial charge in [-0.25, -0.2) is 4.39 Å². The van der Waals surface area contributed by atoms with Gasteiger partial charge in [-0.1, -0.05) is 18.2 Å². The third kappa shape index (κ3) is 4.45. The molecule has 3 atom stereocenters. The molecule has 3 rings (SSSR count). The largest absolute Gasteiger partial charge is 0.373 e. The van der Waals surface area contributed by atoms with Crippen molar-refractivity contribution in [3.63, 3.8) is 0 Å². The van der Waals surface area contributed by atoms with Crippen LogP contribution >= 0.6 is 11.3 Å². The van der Waals surface area contributed by atoms with Crippen molar-refractivity contribution >= 4 is 21.5 Å². The summed E-state index contributed by atoms with van der Waals surface area (Å²) in [5.41, 5.74) is 0.696. The number of thiophene rings is 1. The van der Waals surface area contributed by atoms with E-state index in [1.165, 1.54) is 27.8 Å². The van der Waals surface area contributed by atoms with Gasteiger partial charge in [0.25, 0.3) is 10.2 Å². The third-order valence-electron chi connectivity index (χ3n) is 4.02. The molecular weight excluding hydrogens is 363 g/mol. The van der Waals surface area contributed by atoms with Crippen LogP contribution in [0.5, 0.6) is 0 Å². The molecule has 1 aliphatic rings. The van der Waals surface area contributed by atoms with Crippen LogP contribution in [0.4, 0.5) is 4.39 Å². The number of nitrogens with one attached hydrogen (secondary N) is 1. The fourth-order valence-electron chi connectivity index (χ4n) is 2.95. The number of rotatable bonds is 5. The Bertz CT molecular complexity index is 784. The molecule has 0 spiro atoms. The van der Waals surface area contributed by atoms with Crippen LogP contribution in [0, 0.1) is 5.82 Å². The minimum Gasteiger partial charge on any atom is -0.373 e. The van der Waals surface area contributed by atoms with E-state index in [0.717, 1.165) is 4.88 Å². The van der Waals surface area contributed by atoms with Gasteiger partial charge in [0.1, 0.15) is 5.82 Å². The Hall–Kier alpha value is -1.32. The van der Waals surface area contributed by atoms with Crippen LogP contribution < -0.4 is 4.72 Å².